The molecule has 0 fully saturated rings. The monoisotopic (exact) mass is 354 g/mol. The summed E-state index contributed by atoms with van der Waals surface area (Å²) >= 11 is 0. The molecule has 2 aromatic rings. The van der Waals surface area contributed by atoms with Gasteiger partial charge in [0.05, 0.1) is 19.3 Å². The van der Waals surface area contributed by atoms with E-state index < -0.39 is 6.04 Å². The zero-order valence-corrected chi connectivity index (χ0v) is 15.2. The fraction of sp³-hybridized carbons (Fsp3) is 0.368. The molecule has 1 atom stereocenters. The van der Waals surface area contributed by atoms with E-state index in [1.165, 1.54) is 6.92 Å². The molecule has 0 saturated heterocycles. The zero-order chi connectivity index (χ0) is 18.7. The van der Waals surface area contributed by atoms with Crippen molar-refractivity contribution in [3.05, 3.63) is 53.1 Å². The number of carbonyl (C=O) groups excluding carboxylic acids is 2. The second-order valence-corrected chi connectivity index (χ2v) is 6.40. The highest BCUT2D eigenvalue weighted by atomic mass is 16.5. The van der Waals surface area contributed by atoms with E-state index in [0.29, 0.717) is 19.5 Å². The molecule has 1 aliphatic rings. The molecular weight excluding hydrogens is 332 g/mol. The standard InChI is InChI=1S/C19H22N4O3/c1-12(21-13(2)24)19(25)23-10-15-9-20-18(22-17(15)11-23)8-14-4-6-16(26-3)7-5-14/h4-7,9,12H,8,10-11H2,1-3H3,(H,21,24). The first kappa shape index (κ1) is 17.8. The summed E-state index contributed by atoms with van der Waals surface area (Å²) in [6.07, 6.45) is 2.41. The highest BCUT2D eigenvalue weighted by Gasteiger charge is 2.28. The number of hydrogen-bond acceptors (Lipinski definition) is 5. The van der Waals surface area contributed by atoms with E-state index in [1.54, 1.807) is 25.1 Å². The van der Waals surface area contributed by atoms with Crippen molar-refractivity contribution in [3.8, 4) is 5.75 Å². The third kappa shape index (κ3) is 3.99. The van der Waals surface area contributed by atoms with Crippen molar-refractivity contribution in [2.75, 3.05) is 7.11 Å². The van der Waals surface area contributed by atoms with Gasteiger partial charge in [0.15, 0.2) is 0 Å². The fourth-order valence-electron chi connectivity index (χ4n) is 3.00. The molecule has 1 N–H and O–H groups in total. The predicted octanol–water partition coefficient (Wildman–Crippen LogP) is 1.44. The molecule has 0 bridgehead atoms. The van der Waals surface area contributed by atoms with Crippen LogP contribution >= 0.6 is 0 Å². The maximum absolute atomic E-state index is 12.4. The van der Waals surface area contributed by atoms with Crippen LogP contribution in [-0.2, 0) is 29.1 Å². The van der Waals surface area contributed by atoms with Crippen molar-refractivity contribution in [2.24, 2.45) is 0 Å². The average molecular weight is 354 g/mol. The van der Waals surface area contributed by atoms with Gasteiger partial charge >= 0.3 is 0 Å². The van der Waals surface area contributed by atoms with Crippen molar-refractivity contribution in [1.82, 2.24) is 20.2 Å². The van der Waals surface area contributed by atoms with Crippen LogP contribution in [0.15, 0.2) is 30.5 Å². The van der Waals surface area contributed by atoms with Gasteiger partial charge in [0.2, 0.25) is 11.8 Å². The smallest absolute Gasteiger partial charge is 0.245 e. The summed E-state index contributed by atoms with van der Waals surface area (Å²) in [4.78, 5) is 34.3. The molecular formula is C19H22N4O3. The van der Waals surface area contributed by atoms with Gasteiger partial charge in [-0.2, -0.15) is 0 Å². The van der Waals surface area contributed by atoms with Gasteiger partial charge in [0.1, 0.15) is 17.6 Å². The highest BCUT2D eigenvalue weighted by molar-refractivity contribution is 5.86. The SMILES string of the molecule is COc1ccc(Cc2ncc3c(n2)CN(C(=O)C(C)NC(C)=O)C3)cc1. The number of nitrogens with zero attached hydrogens (tertiary/aromatic N) is 3. The highest BCUT2D eigenvalue weighted by Crippen LogP contribution is 2.22. The van der Waals surface area contributed by atoms with Gasteiger partial charge in [0.25, 0.3) is 0 Å². The minimum atomic E-state index is -0.548. The molecule has 0 aliphatic carbocycles. The number of nitrogens with one attached hydrogen (secondary N) is 1. The average Bonchev–Trinajstić information content (AvgIpc) is 3.04. The molecule has 3 rings (SSSR count). The van der Waals surface area contributed by atoms with Gasteiger partial charge in [-0.15, -0.1) is 0 Å². The van der Waals surface area contributed by atoms with E-state index in [9.17, 15) is 9.59 Å². The number of rotatable bonds is 5. The third-order valence-corrected chi connectivity index (χ3v) is 4.33. The number of amides is 2. The molecule has 1 aliphatic heterocycles. The summed E-state index contributed by atoms with van der Waals surface area (Å²) in [6.45, 7) is 4.00. The van der Waals surface area contributed by atoms with Gasteiger partial charge in [-0.05, 0) is 24.6 Å². The van der Waals surface area contributed by atoms with Gasteiger partial charge in [-0.3, -0.25) is 9.59 Å². The number of fused-ring (bicyclic) bond motifs is 1. The second-order valence-electron chi connectivity index (χ2n) is 6.40. The predicted molar refractivity (Wildman–Crippen MR) is 95.4 cm³/mol. The Labute approximate surface area is 152 Å². The molecule has 0 radical (unpaired) electrons. The molecule has 2 heterocycles. The summed E-state index contributed by atoms with van der Waals surface area (Å²) in [6, 6.07) is 7.24. The number of aromatic nitrogens is 2. The van der Waals surface area contributed by atoms with Crippen LogP contribution in [-0.4, -0.2) is 39.8 Å². The minimum Gasteiger partial charge on any atom is -0.497 e. The van der Waals surface area contributed by atoms with Crippen molar-refractivity contribution >= 4 is 11.8 Å². The summed E-state index contributed by atoms with van der Waals surface area (Å²) in [5.41, 5.74) is 2.91. The van der Waals surface area contributed by atoms with E-state index in [1.807, 2.05) is 24.3 Å². The molecule has 0 saturated carbocycles. The van der Waals surface area contributed by atoms with Crippen molar-refractivity contribution < 1.29 is 14.3 Å². The molecule has 0 spiro atoms. The Kier molecular flexibility index (Phi) is 5.16. The van der Waals surface area contributed by atoms with Crippen LogP contribution in [0, 0.1) is 0 Å². The summed E-state index contributed by atoms with van der Waals surface area (Å²) < 4.78 is 5.16. The Bertz CT molecular complexity index is 820. The molecule has 26 heavy (non-hydrogen) atoms. The quantitative estimate of drug-likeness (QED) is 0.878. The summed E-state index contributed by atoms with van der Waals surface area (Å²) in [5, 5.41) is 2.62. The minimum absolute atomic E-state index is 0.116. The van der Waals surface area contributed by atoms with Gasteiger partial charge in [-0.1, -0.05) is 12.1 Å². The van der Waals surface area contributed by atoms with E-state index >= 15 is 0 Å². The van der Waals surface area contributed by atoms with E-state index in [-0.39, 0.29) is 11.8 Å². The van der Waals surface area contributed by atoms with Crippen LogP contribution in [0.5, 0.6) is 5.75 Å². The largest absolute Gasteiger partial charge is 0.497 e. The lowest BCUT2D eigenvalue weighted by Gasteiger charge is -2.20. The maximum Gasteiger partial charge on any atom is 0.245 e. The van der Waals surface area contributed by atoms with Crippen molar-refractivity contribution in [3.63, 3.8) is 0 Å². The van der Waals surface area contributed by atoms with Crippen molar-refractivity contribution in [1.29, 1.82) is 0 Å². The van der Waals surface area contributed by atoms with Crippen LogP contribution in [0.4, 0.5) is 0 Å². The number of ether oxygens (including phenoxy) is 1. The number of carbonyl (C=O) groups is 2. The maximum atomic E-state index is 12.4. The molecule has 1 aromatic carbocycles. The molecule has 7 nitrogen and oxygen atoms in total. The lowest BCUT2D eigenvalue weighted by Crippen LogP contribution is -2.44. The third-order valence-electron chi connectivity index (χ3n) is 4.33. The van der Waals surface area contributed by atoms with E-state index in [4.69, 9.17) is 4.74 Å². The lowest BCUT2D eigenvalue weighted by atomic mass is 10.1. The molecule has 2 amide bonds. The summed E-state index contributed by atoms with van der Waals surface area (Å²) in [5.74, 6) is 1.20. The van der Waals surface area contributed by atoms with Crippen LogP contribution < -0.4 is 10.1 Å². The van der Waals surface area contributed by atoms with Gasteiger partial charge < -0.3 is 15.0 Å². The number of methoxy groups -OCH3 is 1. The second kappa shape index (κ2) is 7.51. The van der Waals surface area contributed by atoms with E-state index in [0.717, 1.165) is 28.4 Å². The Hall–Kier alpha value is -2.96. The first-order valence-electron chi connectivity index (χ1n) is 8.48. The lowest BCUT2D eigenvalue weighted by molar-refractivity contribution is -0.136. The Morgan fingerprint density at radius 1 is 1.27 bits per heavy atom. The molecule has 7 heteroatoms. The van der Waals surface area contributed by atoms with E-state index in [2.05, 4.69) is 15.3 Å². The fourth-order valence-corrected chi connectivity index (χ4v) is 3.00. The number of hydrogen-bond donors (Lipinski definition) is 1. The molecule has 1 aromatic heterocycles. The number of benzene rings is 1. The first-order valence-corrected chi connectivity index (χ1v) is 8.48. The normalized spacial score (nSPS) is 13.9. The van der Waals surface area contributed by atoms with Crippen LogP contribution in [0.1, 0.15) is 36.5 Å². The van der Waals surface area contributed by atoms with Crippen LogP contribution in [0.2, 0.25) is 0 Å². The van der Waals surface area contributed by atoms with Gasteiger partial charge in [0, 0.05) is 31.6 Å². The molecule has 1 unspecified atom stereocenters. The zero-order valence-electron chi connectivity index (χ0n) is 15.2. The first-order chi connectivity index (χ1) is 12.5. The summed E-state index contributed by atoms with van der Waals surface area (Å²) in [7, 11) is 1.64. The molecule has 136 valence electrons. The van der Waals surface area contributed by atoms with Crippen molar-refractivity contribution in [2.45, 2.75) is 39.4 Å². The van der Waals surface area contributed by atoms with Crippen LogP contribution in [0.3, 0.4) is 0 Å². The topological polar surface area (TPSA) is 84.4 Å². The Morgan fingerprint density at radius 3 is 2.65 bits per heavy atom. The van der Waals surface area contributed by atoms with Gasteiger partial charge in [-0.25, -0.2) is 9.97 Å². The Morgan fingerprint density at radius 2 is 2.00 bits per heavy atom. The van der Waals surface area contributed by atoms with Crippen LogP contribution in [0.25, 0.3) is 0 Å². The Balaban J connectivity index is 1.67.